The Morgan fingerprint density at radius 1 is 1.13 bits per heavy atom. The van der Waals surface area contributed by atoms with Gasteiger partial charge in [0.2, 0.25) is 5.91 Å². The Hall–Kier alpha value is -2.90. The SMILES string of the molecule is O=C1CCC[C@H]([C@@H](NC(=O)CCCCCNC(=O)OCc2ccccc2)C(=O)O)C1. The summed E-state index contributed by atoms with van der Waals surface area (Å²) in [6, 6.07) is 8.38. The molecule has 0 aromatic heterocycles. The number of carbonyl (C=O) groups is 4. The summed E-state index contributed by atoms with van der Waals surface area (Å²) in [5.41, 5.74) is 0.913. The molecular formula is C22H30N2O6. The Morgan fingerprint density at radius 3 is 2.60 bits per heavy atom. The molecule has 0 heterocycles. The fourth-order valence-electron chi connectivity index (χ4n) is 3.52. The van der Waals surface area contributed by atoms with Crippen molar-refractivity contribution in [2.24, 2.45) is 5.92 Å². The molecule has 1 aliphatic carbocycles. The van der Waals surface area contributed by atoms with Gasteiger partial charge in [-0.15, -0.1) is 0 Å². The molecule has 8 nitrogen and oxygen atoms in total. The van der Waals surface area contributed by atoms with Crippen LogP contribution in [0.3, 0.4) is 0 Å². The number of carboxylic acid groups (broad SMARTS) is 1. The summed E-state index contributed by atoms with van der Waals surface area (Å²) in [6.45, 7) is 0.654. The van der Waals surface area contributed by atoms with E-state index < -0.39 is 18.1 Å². The Kier molecular flexibility index (Phi) is 9.83. The van der Waals surface area contributed by atoms with Crippen molar-refractivity contribution in [3.63, 3.8) is 0 Å². The van der Waals surface area contributed by atoms with E-state index in [-0.39, 0.29) is 37.1 Å². The van der Waals surface area contributed by atoms with E-state index in [2.05, 4.69) is 10.6 Å². The highest BCUT2D eigenvalue weighted by molar-refractivity contribution is 5.85. The number of hydrogen-bond donors (Lipinski definition) is 3. The van der Waals surface area contributed by atoms with E-state index in [0.29, 0.717) is 45.1 Å². The van der Waals surface area contributed by atoms with Gasteiger partial charge in [-0.2, -0.15) is 0 Å². The molecule has 30 heavy (non-hydrogen) atoms. The van der Waals surface area contributed by atoms with Crippen LogP contribution in [0.1, 0.15) is 56.9 Å². The Balaban J connectivity index is 1.56. The maximum absolute atomic E-state index is 12.1. The summed E-state index contributed by atoms with van der Waals surface area (Å²) in [5, 5.41) is 14.6. The normalized spacial score (nSPS) is 17.1. The van der Waals surface area contributed by atoms with Gasteiger partial charge in [-0.25, -0.2) is 9.59 Å². The van der Waals surface area contributed by atoms with Gasteiger partial charge < -0.3 is 20.5 Å². The molecule has 1 fully saturated rings. The molecule has 2 amide bonds. The van der Waals surface area contributed by atoms with Crippen molar-refractivity contribution in [3.8, 4) is 0 Å². The first-order valence-corrected chi connectivity index (χ1v) is 10.4. The van der Waals surface area contributed by atoms with E-state index in [9.17, 15) is 24.3 Å². The topological polar surface area (TPSA) is 122 Å². The van der Waals surface area contributed by atoms with Crippen LogP contribution in [0.15, 0.2) is 30.3 Å². The third-order valence-electron chi connectivity index (χ3n) is 5.14. The number of alkyl carbamates (subject to hydrolysis) is 1. The lowest BCUT2D eigenvalue weighted by molar-refractivity contribution is -0.144. The second-order valence-corrected chi connectivity index (χ2v) is 7.58. The molecule has 1 aromatic carbocycles. The Morgan fingerprint density at radius 2 is 1.90 bits per heavy atom. The van der Waals surface area contributed by atoms with Gasteiger partial charge in [-0.05, 0) is 37.2 Å². The molecule has 1 saturated carbocycles. The van der Waals surface area contributed by atoms with Crippen LogP contribution in [-0.2, 0) is 25.7 Å². The molecule has 0 bridgehead atoms. The number of Topliss-reactive ketones (excluding diaryl/α,β-unsaturated/α-hetero) is 1. The minimum Gasteiger partial charge on any atom is -0.480 e. The van der Waals surface area contributed by atoms with Crippen LogP contribution in [0.25, 0.3) is 0 Å². The van der Waals surface area contributed by atoms with Gasteiger partial charge in [-0.3, -0.25) is 9.59 Å². The highest BCUT2D eigenvalue weighted by Crippen LogP contribution is 2.24. The van der Waals surface area contributed by atoms with Crippen LogP contribution < -0.4 is 10.6 Å². The maximum atomic E-state index is 12.1. The lowest BCUT2D eigenvalue weighted by atomic mass is 9.83. The third kappa shape index (κ3) is 8.63. The molecule has 1 aliphatic rings. The number of aliphatic carboxylic acids is 1. The van der Waals surface area contributed by atoms with Crippen molar-refractivity contribution >= 4 is 23.8 Å². The van der Waals surface area contributed by atoms with Crippen molar-refractivity contribution in [3.05, 3.63) is 35.9 Å². The quantitative estimate of drug-likeness (QED) is 0.475. The van der Waals surface area contributed by atoms with Crippen molar-refractivity contribution < 1.29 is 29.0 Å². The number of hydrogen-bond acceptors (Lipinski definition) is 5. The number of ketones is 1. The van der Waals surface area contributed by atoms with E-state index in [1.54, 1.807) is 0 Å². The first kappa shape index (κ1) is 23.4. The zero-order valence-electron chi connectivity index (χ0n) is 17.1. The zero-order chi connectivity index (χ0) is 21.8. The number of carboxylic acids is 1. The molecule has 2 atom stereocenters. The van der Waals surface area contributed by atoms with Gasteiger partial charge in [0.25, 0.3) is 0 Å². The lowest BCUT2D eigenvalue weighted by Crippen LogP contribution is -2.47. The Bertz CT molecular complexity index is 722. The molecule has 3 N–H and O–H groups in total. The monoisotopic (exact) mass is 418 g/mol. The minimum absolute atomic E-state index is 0.0570. The lowest BCUT2D eigenvalue weighted by Gasteiger charge is -2.27. The number of nitrogens with one attached hydrogen (secondary N) is 2. The first-order valence-electron chi connectivity index (χ1n) is 10.4. The van der Waals surface area contributed by atoms with Crippen LogP contribution in [-0.4, -0.2) is 41.4 Å². The minimum atomic E-state index is -1.10. The smallest absolute Gasteiger partial charge is 0.407 e. The molecule has 0 unspecified atom stereocenters. The van der Waals surface area contributed by atoms with Gasteiger partial charge in [-0.1, -0.05) is 36.8 Å². The summed E-state index contributed by atoms with van der Waals surface area (Å²) in [4.78, 5) is 46.8. The largest absolute Gasteiger partial charge is 0.480 e. The summed E-state index contributed by atoms with van der Waals surface area (Å²) >= 11 is 0. The fraction of sp³-hybridized carbons (Fsp3) is 0.545. The summed E-state index contributed by atoms with van der Waals surface area (Å²) < 4.78 is 5.11. The van der Waals surface area contributed by atoms with E-state index in [4.69, 9.17) is 4.74 Å². The van der Waals surface area contributed by atoms with Gasteiger partial charge >= 0.3 is 12.1 Å². The van der Waals surface area contributed by atoms with Gasteiger partial charge in [0, 0.05) is 25.8 Å². The maximum Gasteiger partial charge on any atom is 0.407 e. The first-order chi connectivity index (χ1) is 14.5. The third-order valence-corrected chi connectivity index (χ3v) is 5.14. The molecule has 0 saturated heterocycles. The molecule has 1 aromatic rings. The number of amides is 2. The van der Waals surface area contributed by atoms with E-state index in [1.807, 2.05) is 30.3 Å². The molecular weight excluding hydrogens is 388 g/mol. The van der Waals surface area contributed by atoms with Gasteiger partial charge in [0.1, 0.15) is 18.4 Å². The van der Waals surface area contributed by atoms with E-state index in [0.717, 1.165) is 5.56 Å². The number of carbonyl (C=O) groups excluding carboxylic acids is 3. The average molecular weight is 418 g/mol. The fourth-order valence-corrected chi connectivity index (χ4v) is 3.52. The predicted octanol–water partition coefficient (Wildman–Crippen LogP) is 2.80. The molecule has 2 rings (SSSR count). The Labute approximate surface area is 176 Å². The van der Waals surface area contributed by atoms with Crippen LogP contribution in [0.4, 0.5) is 4.79 Å². The molecule has 164 valence electrons. The highest BCUT2D eigenvalue weighted by atomic mass is 16.5. The van der Waals surface area contributed by atoms with Crippen molar-refractivity contribution in [1.82, 2.24) is 10.6 Å². The van der Waals surface area contributed by atoms with Crippen LogP contribution in [0.5, 0.6) is 0 Å². The number of unbranched alkanes of at least 4 members (excludes halogenated alkanes) is 2. The zero-order valence-corrected chi connectivity index (χ0v) is 17.1. The standard InChI is InChI=1S/C22H30N2O6/c25-18-11-7-10-17(14-18)20(21(27)28)24-19(26)12-5-2-6-13-23-22(29)30-15-16-8-3-1-4-9-16/h1,3-4,8-9,17,20H,2,5-7,10-15H2,(H,23,29)(H,24,26)(H,27,28)/t17-,20+/m0/s1. The van der Waals surface area contributed by atoms with Crippen LogP contribution >= 0.6 is 0 Å². The van der Waals surface area contributed by atoms with Crippen LogP contribution in [0, 0.1) is 5.92 Å². The summed E-state index contributed by atoms with van der Waals surface area (Å²) in [5.74, 6) is -1.70. The van der Waals surface area contributed by atoms with Gasteiger partial charge in [0.05, 0.1) is 0 Å². The average Bonchev–Trinajstić information content (AvgIpc) is 2.73. The summed E-state index contributed by atoms with van der Waals surface area (Å²) in [6.07, 6.45) is 3.72. The number of ether oxygens (including phenoxy) is 1. The summed E-state index contributed by atoms with van der Waals surface area (Å²) in [7, 11) is 0. The van der Waals surface area contributed by atoms with E-state index >= 15 is 0 Å². The van der Waals surface area contributed by atoms with Crippen molar-refractivity contribution in [2.45, 2.75) is 64.0 Å². The second kappa shape index (κ2) is 12.6. The number of rotatable bonds is 11. The van der Waals surface area contributed by atoms with Crippen molar-refractivity contribution in [1.29, 1.82) is 0 Å². The molecule has 0 radical (unpaired) electrons. The molecule has 0 aliphatic heterocycles. The van der Waals surface area contributed by atoms with E-state index in [1.165, 1.54) is 0 Å². The molecule has 8 heteroatoms. The number of benzene rings is 1. The highest BCUT2D eigenvalue weighted by Gasteiger charge is 2.33. The second-order valence-electron chi connectivity index (χ2n) is 7.58. The molecule has 0 spiro atoms. The predicted molar refractivity (Wildman–Crippen MR) is 110 cm³/mol. The van der Waals surface area contributed by atoms with Gasteiger partial charge in [0.15, 0.2) is 0 Å². The van der Waals surface area contributed by atoms with Crippen LogP contribution in [0.2, 0.25) is 0 Å². The van der Waals surface area contributed by atoms with Crippen molar-refractivity contribution in [2.75, 3.05) is 6.54 Å².